The summed E-state index contributed by atoms with van der Waals surface area (Å²) in [5, 5.41) is 0.536. The highest BCUT2D eigenvalue weighted by molar-refractivity contribution is 7.88. The van der Waals surface area contributed by atoms with Crippen LogP contribution in [0.3, 0.4) is 0 Å². The summed E-state index contributed by atoms with van der Waals surface area (Å²) in [6.45, 7) is 0.399. The molecule has 0 aromatic heterocycles. The first-order chi connectivity index (χ1) is 13.2. The van der Waals surface area contributed by atoms with Gasteiger partial charge in [-0.1, -0.05) is 36.6 Å². The van der Waals surface area contributed by atoms with E-state index in [1.165, 1.54) is 12.1 Å². The van der Waals surface area contributed by atoms with Crippen molar-refractivity contribution in [2.24, 2.45) is 5.92 Å². The molecule has 0 amide bonds. The van der Waals surface area contributed by atoms with Gasteiger partial charge in [0.15, 0.2) is 0 Å². The fraction of sp³-hybridized carbons (Fsp3) is 0.368. The monoisotopic (exact) mass is 434 g/mol. The Hall–Kier alpha value is -1.93. The second-order valence-corrected chi connectivity index (χ2v) is 8.58. The predicted molar refractivity (Wildman–Crippen MR) is 99.9 cm³/mol. The van der Waals surface area contributed by atoms with Crippen LogP contribution in [0.25, 0.3) is 11.1 Å². The average Bonchev–Trinajstić information content (AvgIpc) is 3.13. The van der Waals surface area contributed by atoms with Crippen molar-refractivity contribution in [3.05, 3.63) is 47.5 Å². The van der Waals surface area contributed by atoms with Crippen LogP contribution >= 0.6 is 11.6 Å². The smallest absolute Gasteiger partial charge is 0.493 e. The summed E-state index contributed by atoms with van der Waals surface area (Å²) in [4.78, 5) is 0. The third-order valence-electron chi connectivity index (χ3n) is 4.55. The zero-order valence-corrected chi connectivity index (χ0v) is 16.3. The molecular formula is C19H18ClF3O4S. The van der Waals surface area contributed by atoms with Crippen LogP contribution in [-0.4, -0.2) is 20.5 Å². The van der Waals surface area contributed by atoms with E-state index in [-0.39, 0.29) is 5.75 Å². The highest BCUT2D eigenvalue weighted by atomic mass is 35.5. The molecule has 1 saturated carbocycles. The highest BCUT2D eigenvalue weighted by Gasteiger charge is 2.48. The van der Waals surface area contributed by atoms with Crippen molar-refractivity contribution in [2.45, 2.75) is 31.2 Å². The third-order valence-corrected chi connectivity index (χ3v) is 5.78. The lowest BCUT2D eigenvalue weighted by Crippen LogP contribution is -2.28. The summed E-state index contributed by atoms with van der Waals surface area (Å²) < 4.78 is 70.5. The molecule has 0 N–H and O–H groups in total. The van der Waals surface area contributed by atoms with E-state index in [2.05, 4.69) is 4.18 Å². The Morgan fingerprint density at radius 3 is 2.29 bits per heavy atom. The van der Waals surface area contributed by atoms with Crippen LogP contribution in [0.2, 0.25) is 5.02 Å². The maximum Gasteiger partial charge on any atom is 0.534 e. The van der Waals surface area contributed by atoms with Crippen molar-refractivity contribution >= 4 is 21.7 Å². The van der Waals surface area contributed by atoms with Crippen LogP contribution in [0.4, 0.5) is 13.2 Å². The summed E-state index contributed by atoms with van der Waals surface area (Å²) in [5.74, 6) is 0.155. The molecule has 0 heterocycles. The standard InChI is InChI=1S/C19H18ClF3O4S/c20-15-7-5-14(6-8-15)17-10-9-16(27-28(24,25)19(21,22)23)11-18(17)26-12-13-3-1-2-4-13/h5-11,13H,1-4,12H2. The lowest BCUT2D eigenvalue weighted by molar-refractivity contribution is -0.0500. The van der Waals surface area contributed by atoms with Crippen molar-refractivity contribution < 1.29 is 30.5 Å². The molecule has 2 aromatic carbocycles. The minimum absolute atomic E-state index is 0.254. The summed E-state index contributed by atoms with van der Waals surface area (Å²) in [6, 6.07) is 10.6. The van der Waals surface area contributed by atoms with Crippen LogP contribution in [0.5, 0.6) is 11.5 Å². The normalized spacial score (nSPS) is 15.6. The van der Waals surface area contributed by atoms with Crippen LogP contribution < -0.4 is 8.92 Å². The Morgan fingerprint density at radius 1 is 1.04 bits per heavy atom. The van der Waals surface area contributed by atoms with Crippen molar-refractivity contribution in [3.8, 4) is 22.6 Å². The number of alkyl halides is 3. The van der Waals surface area contributed by atoms with Gasteiger partial charge in [-0.3, -0.25) is 0 Å². The molecule has 0 radical (unpaired) electrons. The Kier molecular flexibility index (Phi) is 6.09. The summed E-state index contributed by atoms with van der Waals surface area (Å²) in [5.41, 5.74) is -4.17. The van der Waals surface area contributed by atoms with E-state index in [9.17, 15) is 21.6 Å². The number of rotatable bonds is 6. The zero-order valence-electron chi connectivity index (χ0n) is 14.7. The first-order valence-corrected chi connectivity index (χ1v) is 10.5. The van der Waals surface area contributed by atoms with E-state index in [4.69, 9.17) is 16.3 Å². The molecule has 0 unspecified atom stereocenters. The molecule has 2 aromatic rings. The third kappa shape index (κ3) is 4.91. The Bertz CT molecular complexity index is 921. The minimum atomic E-state index is -5.75. The summed E-state index contributed by atoms with van der Waals surface area (Å²) >= 11 is 5.90. The molecule has 1 fully saturated rings. The fourth-order valence-corrected chi connectivity index (χ4v) is 3.68. The second kappa shape index (κ2) is 8.21. The van der Waals surface area contributed by atoms with Gasteiger partial charge in [-0.15, -0.1) is 0 Å². The average molecular weight is 435 g/mol. The Morgan fingerprint density at radius 2 is 1.68 bits per heavy atom. The number of ether oxygens (including phenoxy) is 1. The lowest BCUT2D eigenvalue weighted by atomic mass is 10.0. The number of hydrogen-bond donors (Lipinski definition) is 0. The topological polar surface area (TPSA) is 52.6 Å². The van der Waals surface area contributed by atoms with Gasteiger partial charge in [-0.2, -0.15) is 21.6 Å². The predicted octanol–water partition coefficient (Wildman–Crippen LogP) is 5.80. The molecule has 1 aliphatic rings. The molecule has 0 aliphatic heterocycles. The number of benzene rings is 2. The first kappa shape index (κ1) is 20.8. The van der Waals surface area contributed by atoms with Gasteiger partial charge in [0.05, 0.1) is 6.61 Å². The van der Waals surface area contributed by atoms with Gasteiger partial charge in [0.25, 0.3) is 0 Å². The zero-order chi connectivity index (χ0) is 20.4. The van der Waals surface area contributed by atoms with E-state index in [0.717, 1.165) is 37.3 Å². The van der Waals surface area contributed by atoms with Gasteiger partial charge in [-0.05, 0) is 48.6 Å². The van der Waals surface area contributed by atoms with E-state index in [0.29, 0.717) is 23.1 Å². The molecule has 0 saturated heterocycles. The number of halogens is 4. The van der Waals surface area contributed by atoms with Gasteiger partial charge in [0.1, 0.15) is 11.5 Å². The fourth-order valence-electron chi connectivity index (χ4n) is 3.10. The maximum atomic E-state index is 12.6. The first-order valence-electron chi connectivity index (χ1n) is 8.69. The van der Waals surface area contributed by atoms with Gasteiger partial charge in [-0.25, -0.2) is 0 Å². The second-order valence-electron chi connectivity index (χ2n) is 6.61. The van der Waals surface area contributed by atoms with Crippen LogP contribution in [0.15, 0.2) is 42.5 Å². The van der Waals surface area contributed by atoms with E-state index in [1.54, 1.807) is 24.3 Å². The Labute approximate surface area is 166 Å². The number of hydrogen-bond acceptors (Lipinski definition) is 4. The van der Waals surface area contributed by atoms with Gasteiger partial charge in [0, 0.05) is 16.7 Å². The molecule has 3 rings (SSSR count). The molecule has 152 valence electrons. The highest BCUT2D eigenvalue weighted by Crippen LogP contribution is 2.37. The molecular weight excluding hydrogens is 417 g/mol. The van der Waals surface area contributed by atoms with Crippen molar-refractivity contribution in [3.63, 3.8) is 0 Å². The van der Waals surface area contributed by atoms with Crippen LogP contribution in [0, 0.1) is 5.92 Å². The lowest BCUT2D eigenvalue weighted by Gasteiger charge is -2.17. The molecule has 0 spiro atoms. The molecule has 28 heavy (non-hydrogen) atoms. The molecule has 0 atom stereocenters. The van der Waals surface area contributed by atoms with E-state index >= 15 is 0 Å². The van der Waals surface area contributed by atoms with Gasteiger partial charge < -0.3 is 8.92 Å². The van der Waals surface area contributed by atoms with Crippen LogP contribution in [-0.2, 0) is 10.1 Å². The molecule has 9 heteroatoms. The molecule has 4 nitrogen and oxygen atoms in total. The minimum Gasteiger partial charge on any atom is -0.493 e. The van der Waals surface area contributed by atoms with Gasteiger partial charge in [0.2, 0.25) is 0 Å². The van der Waals surface area contributed by atoms with E-state index < -0.39 is 21.4 Å². The van der Waals surface area contributed by atoms with Crippen molar-refractivity contribution in [1.82, 2.24) is 0 Å². The quantitative estimate of drug-likeness (QED) is 0.425. The van der Waals surface area contributed by atoms with Crippen LogP contribution in [0.1, 0.15) is 25.7 Å². The molecule has 1 aliphatic carbocycles. The largest absolute Gasteiger partial charge is 0.534 e. The molecule has 0 bridgehead atoms. The van der Waals surface area contributed by atoms with E-state index in [1.807, 2.05) is 0 Å². The van der Waals surface area contributed by atoms with Crippen molar-refractivity contribution in [2.75, 3.05) is 6.61 Å². The maximum absolute atomic E-state index is 12.6. The summed E-state index contributed by atoms with van der Waals surface area (Å²) in [7, 11) is -5.75. The SMILES string of the molecule is O=S(=O)(Oc1ccc(-c2ccc(Cl)cc2)c(OCC2CCCC2)c1)C(F)(F)F. The Balaban J connectivity index is 1.91. The summed E-state index contributed by atoms with van der Waals surface area (Å²) in [6.07, 6.45) is 4.28. The van der Waals surface area contributed by atoms with Gasteiger partial charge >= 0.3 is 15.6 Å². The van der Waals surface area contributed by atoms with Crippen molar-refractivity contribution in [1.29, 1.82) is 0 Å².